The second-order valence-corrected chi connectivity index (χ2v) is 7.55. The molecular weight excluding hydrogens is 199 g/mol. The van der Waals surface area contributed by atoms with Gasteiger partial charge in [0.15, 0.2) is 0 Å². The van der Waals surface area contributed by atoms with Gasteiger partial charge in [-0.2, -0.15) is 0 Å². The summed E-state index contributed by atoms with van der Waals surface area (Å²) in [7, 11) is 0. The fourth-order valence-electron chi connectivity index (χ4n) is 0.712. The highest BCUT2D eigenvalue weighted by Gasteiger charge is 2.03. The molecule has 0 saturated carbocycles. The van der Waals surface area contributed by atoms with Gasteiger partial charge in [-0.25, -0.2) is 0 Å². The van der Waals surface area contributed by atoms with Crippen LogP contribution in [0.3, 0.4) is 0 Å². The highest BCUT2D eigenvalue weighted by molar-refractivity contribution is 8.59. The van der Waals surface area contributed by atoms with E-state index in [2.05, 4.69) is 31.0 Å². The summed E-state index contributed by atoms with van der Waals surface area (Å²) in [4.78, 5) is 8.94. The van der Waals surface area contributed by atoms with Crippen LogP contribution in [0.15, 0.2) is 0 Å². The van der Waals surface area contributed by atoms with Crippen LogP contribution in [-0.4, -0.2) is 11.5 Å². The predicted molar refractivity (Wildman–Crippen MR) is 55.6 cm³/mol. The SMILES string of the molecule is CCCCCCOP(O)(=S)S. The van der Waals surface area contributed by atoms with Gasteiger partial charge in [0.25, 0.3) is 0 Å². The number of rotatable bonds is 6. The lowest BCUT2D eigenvalue weighted by molar-refractivity contribution is 0.308. The monoisotopic (exact) mass is 214 g/mol. The van der Waals surface area contributed by atoms with Crippen LogP contribution >= 0.6 is 17.9 Å². The minimum absolute atomic E-state index is 0.539. The van der Waals surface area contributed by atoms with Crippen molar-refractivity contribution in [3.05, 3.63) is 0 Å². The summed E-state index contributed by atoms with van der Waals surface area (Å²) in [6.45, 7) is 2.69. The normalized spacial score (nSPS) is 16.3. The van der Waals surface area contributed by atoms with E-state index in [1.54, 1.807) is 0 Å². The van der Waals surface area contributed by atoms with Gasteiger partial charge in [0.05, 0.1) is 6.61 Å². The van der Waals surface area contributed by atoms with Crippen molar-refractivity contribution in [1.29, 1.82) is 0 Å². The summed E-state index contributed by atoms with van der Waals surface area (Å²) in [6.07, 6.45) is 4.52. The average molecular weight is 214 g/mol. The minimum Gasteiger partial charge on any atom is -0.338 e. The number of hydrogen-bond acceptors (Lipinski definition) is 2. The topological polar surface area (TPSA) is 29.5 Å². The van der Waals surface area contributed by atoms with Gasteiger partial charge in [-0.1, -0.05) is 38.4 Å². The summed E-state index contributed by atoms with van der Waals surface area (Å²) in [5, 5.41) is 0. The first kappa shape index (κ1) is 11.9. The van der Waals surface area contributed by atoms with Gasteiger partial charge in [0, 0.05) is 0 Å². The van der Waals surface area contributed by atoms with Gasteiger partial charge >= 0.3 is 0 Å². The molecule has 0 spiro atoms. The van der Waals surface area contributed by atoms with Crippen LogP contribution in [0, 0.1) is 0 Å². The molecule has 5 heteroatoms. The van der Waals surface area contributed by atoms with E-state index in [1.807, 2.05) is 0 Å². The first-order valence-electron chi connectivity index (χ1n) is 3.76. The Labute approximate surface area is 78.7 Å². The Bertz CT molecular complexity index is 135. The Hall–Kier alpha value is 0.920. The Morgan fingerprint density at radius 2 is 2.09 bits per heavy atom. The van der Waals surface area contributed by atoms with E-state index < -0.39 is 5.69 Å². The molecule has 0 radical (unpaired) electrons. The standard InChI is InChI=1S/C6H15O2PS2/c1-2-3-4-5-6-8-9(7,10)11/h2-6H2,1H3,(H2,7,10,11). The van der Waals surface area contributed by atoms with Crippen LogP contribution in [0.25, 0.3) is 0 Å². The first-order valence-corrected chi connectivity index (χ1v) is 7.59. The molecular formula is C6H15O2PS2. The quantitative estimate of drug-likeness (QED) is 0.405. The molecule has 0 aromatic heterocycles. The highest BCUT2D eigenvalue weighted by atomic mass is 32.9. The van der Waals surface area contributed by atoms with E-state index >= 15 is 0 Å². The van der Waals surface area contributed by atoms with Crippen LogP contribution < -0.4 is 0 Å². The van der Waals surface area contributed by atoms with Crippen molar-refractivity contribution >= 4 is 29.7 Å². The van der Waals surface area contributed by atoms with E-state index in [4.69, 9.17) is 9.42 Å². The molecule has 1 N–H and O–H groups in total. The van der Waals surface area contributed by atoms with Crippen LogP contribution in [0.2, 0.25) is 0 Å². The van der Waals surface area contributed by atoms with Crippen molar-refractivity contribution < 1.29 is 9.42 Å². The third kappa shape index (κ3) is 10.9. The van der Waals surface area contributed by atoms with Crippen molar-refractivity contribution in [2.75, 3.05) is 6.61 Å². The zero-order valence-electron chi connectivity index (χ0n) is 6.69. The average Bonchev–Trinajstić information content (AvgIpc) is 1.85. The molecule has 0 rings (SSSR count). The number of thiol groups is 1. The van der Waals surface area contributed by atoms with Crippen LogP contribution in [0.4, 0.5) is 0 Å². The Morgan fingerprint density at radius 3 is 2.55 bits per heavy atom. The summed E-state index contributed by atoms with van der Waals surface area (Å²) < 4.78 is 4.92. The van der Waals surface area contributed by atoms with Gasteiger partial charge in [0.2, 0.25) is 5.69 Å². The molecule has 11 heavy (non-hydrogen) atoms. The highest BCUT2D eigenvalue weighted by Crippen LogP contribution is 2.47. The molecule has 1 atom stereocenters. The van der Waals surface area contributed by atoms with Gasteiger partial charge in [-0.15, -0.1) is 0 Å². The summed E-state index contributed by atoms with van der Waals surface area (Å²) in [5.74, 6) is 0. The molecule has 0 aliphatic rings. The van der Waals surface area contributed by atoms with E-state index in [-0.39, 0.29) is 0 Å². The molecule has 0 aliphatic carbocycles. The fourth-order valence-corrected chi connectivity index (χ4v) is 1.55. The van der Waals surface area contributed by atoms with E-state index in [0.717, 1.165) is 12.8 Å². The third-order valence-corrected chi connectivity index (χ3v) is 2.44. The maximum atomic E-state index is 8.94. The zero-order chi connectivity index (χ0) is 8.74. The molecule has 0 bridgehead atoms. The molecule has 1 unspecified atom stereocenters. The minimum atomic E-state index is -2.69. The predicted octanol–water partition coefficient (Wildman–Crippen LogP) is 2.73. The second-order valence-electron chi connectivity index (χ2n) is 2.38. The fraction of sp³-hybridized carbons (Fsp3) is 1.00. The van der Waals surface area contributed by atoms with Gasteiger partial charge in [-0.05, 0) is 18.2 Å². The molecule has 0 amide bonds. The van der Waals surface area contributed by atoms with Crippen LogP contribution in [0.1, 0.15) is 32.6 Å². The van der Waals surface area contributed by atoms with Crippen LogP contribution in [0.5, 0.6) is 0 Å². The first-order chi connectivity index (χ1) is 5.06. The molecule has 0 saturated heterocycles. The molecule has 68 valence electrons. The number of hydrogen-bond donors (Lipinski definition) is 2. The summed E-state index contributed by atoms with van der Waals surface area (Å²) in [6, 6.07) is 0. The maximum Gasteiger partial charge on any atom is 0.241 e. The van der Waals surface area contributed by atoms with E-state index in [0.29, 0.717) is 6.61 Å². The molecule has 0 aromatic carbocycles. The summed E-state index contributed by atoms with van der Waals surface area (Å²) in [5.41, 5.74) is -2.69. The van der Waals surface area contributed by atoms with Crippen molar-refractivity contribution in [1.82, 2.24) is 0 Å². The number of unbranched alkanes of at least 4 members (excludes halogenated alkanes) is 3. The van der Waals surface area contributed by atoms with Crippen molar-refractivity contribution in [2.45, 2.75) is 32.6 Å². The molecule has 0 aromatic rings. The Morgan fingerprint density at radius 1 is 1.45 bits per heavy atom. The van der Waals surface area contributed by atoms with E-state index in [1.165, 1.54) is 12.8 Å². The van der Waals surface area contributed by atoms with Crippen LogP contribution in [-0.2, 0) is 16.3 Å². The Balaban J connectivity index is 3.09. The largest absolute Gasteiger partial charge is 0.338 e. The van der Waals surface area contributed by atoms with Crippen molar-refractivity contribution in [3.63, 3.8) is 0 Å². The van der Waals surface area contributed by atoms with Gasteiger partial charge in [0.1, 0.15) is 0 Å². The second kappa shape index (κ2) is 6.44. The smallest absolute Gasteiger partial charge is 0.241 e. The van der Waals surface area contributed by atoms with Gasteiger partial charge in [-0.3, -0.25) is 0 Å². The lowest BCUT2D eigenvalue weighted by atomic mass is 10.2. The molecule has 0 heterocycles. The zero-order valence-corrected chi connectivity index (χ0v) is 9.30. The van der Waals surface area contributed by atoms with Crippen molar-refractivity contribution in [2.24, 2.45) is 0 Å². The summed E-state index contributed by atoms with van der Waals surface area (Å²) >= 11 is 8.31. The molecule has 0 fully saturated rings. The van der Waals surface area contributed by atoms with E-state index in [9.17, 15) is 0 Å². The molecule has 2 nitrogen and oxygen atoms in total. The van der Waals surface area contributed by atoms with Gasteiger partial charge < -0.3 is 9.42 Å². The molecule has 0 aliphatic heterocycles. The Kier molecular flexibility index (Phi) is 6.98. The maximum absolute atomic E-state index is 8.94. The lowest BCUT2D eigenvalue weighted by Gasteiger charge is -2.07. The third-order valence-electron chi connectivity index (χ3n) is 1.26. The van der Waals surface area contributed by atoms with Crippen molar-refractivity contribution in [3.8, 4) is 0 Å². The lowest BCUT2D eigenvalue weighted by Crippen LogP contribution is -1.88.